The number of allylic oxidation sites excluding steroid dienone is 11. The number of hydrogen-bond donors (Lipinski definition) is 0. The SMILES string of the molecule is CC1(C)C2=C3C(=C=C2c2ccc(C4=CC(c5cc(-c6ccccc6)nc(C6C=CC=CC6)c5)CC=C4)cc21)C1CC1c1ccccc13. The molecule has 6 aliphatic carbocycles. The molecule has 4 atom stereocenters. The molecule has 1 saturated carbocycles. The fraction of sp³-hybridized carbons (Fsp3) is 0.217. The lowest BCUT2D eigenvalue weighted by Gasteiger charge is -2.27. The van der Waals surface area contributed by atoms with Crippen molar-refractivity contribution >= 4 is 16.7 Å². The van der Waals surface area contributed by atoms with E-state index in [1.807, 2.05) is 0 Å². The van der Waals surface area contributed by atoms with Gasteiger partial charge in [-0.15, -0.1) is 5.73 Å². The largest absolute Gasteiger partial charge is 0.252 e. The molecule has 6 aliphatic rings. The summed E-state index contributed by atoms with van der Waals surface area (Å²) in [6.07, 6.45) is 19.3. The van der Waals surface area contributed by atoms with Gasteiger partial charge in [0.05, 0.1) is 5.69 Å². The second-order valence-electron chi connectivity index (χ2n) is 14.7. The summed E-state index contributed by atoms with van der Waals surface area (Å²) in [4.78, 5) is 5.19. The Morgan fingerprint density at radius 3 is 2.49 bits per heavy atom. The van der Waals surface area contributed by atoms with Gasteiger partial charge in [0, 0.05) is 39.7 Å². The Hall–Kier alpha value is -4.97. The number of aromatic nitrogens is 1. The topological polar surface area (TPSA) is 12.9 Å². The maximum atomic E-state index is 5.19. The predicted molar refractivity (Wildman–Crippen MR) is 194 cm³/mol. The number of pyridine rings is 1. The molecule has 4 unspecified atom stereocenters. The molecule has 1 heterocycles. The normalized spacial score (nSPS) is 25.3. The van der Waals surface area contributed by atoms with Gasteiger partial charge < -0.3 is 0 Å². The molecule has 1 aromatic heterocycles. The summed E-state index contributed by atoms with van der Waals surface area (Å²) in [5.41, 5.74) is 22.9. The molecule has 10 rings (SSSR count). The summed E-state index contributed by atoms with van der Waals surface area (Å²) >= 11 is 0. The smallest absolute Gasteiger partial charge is 0.0708 e. The van der Waals surface area contributed by atoms with E-state index in [-0.39, 0.29) is 5.41 Å². The highest BCUT2D eigenvalue weighted by molar-refractivity contribution is 6.07. The maximum Gasteiger partial charge on any atom is 0.0708 e. The van der Waals surface area contributed by atoms with Crippen molar-refractivity contribution in [2.75, 3.05) is 0 Å². The van der Waals surface area contributed by atoms with Crippen molar-refractivity contribution in [3.8, 4) is 11.3 Å². The lowest BCUT2D eigenvalue weighted by molar-refractivity contribution is 0.662. The molecular formula is C46H37N. The zero-order valence-corrected chi connectivity index (χ0v) is 27.0. The molecule has 0 saturated heterocycles. The van der Waals surface area contributed by atoms with E-state index in [9.17, 15) is 0 Å². The molecule has 1 nitrogen and oxygen atoms in total. The predicted octanol–water partition coefficient (Wildman–Crippen LogP) is 11.3. The highest BCUT2D eigenvalue weighted by Crippen LogP contribution is 2.66. The van der Waals surface area contributed by atoms with Crippen molar-refractivity contribution in [3.05, 3.63) is 183 Å². The molecule has 0 radical (unpaired) electrons. The summed E-state index contributed by atoms with van der Waals surface area (Å²) in [7, 11) is 0. The van der Waals surface area contributed by atoms with Crippen molar-refractivity contribution in [1.29, 1.82) is 0 Å². The Labute approximate surface area is 277 Å². The van der Waals surface area contributed by atoms with Crippen LogP contribution in [0.5, 0.6) is 0 Å². The van der Waals surface area contributed by atoms with Gasteiger partial charge in [0.25, 0.3) is 0 Å². The zero-order chi connectivity index (χ0) is 31.3. The molecule has 226 valence electrons. The minimum atomic E-state index is -0.0789. The summed E-state index contributed by atoms with van der Waals surface area (Å²) in [6.45, 7) is 4.87. The van der Waals surface area contributed by atoms with Crippen LogP contribution in [0.15, 0.2) is 144 Å². The molecule has 47 heavy (non-hydrogen) atoms. The summed E-state index contributed by atoms with van der Waals surface area (Å²) in [6, 6.07) is 31.7. The molecule has 0 aliphatic heterocycles. The van der Waals surface area contributed by atoms with E-state index in [1.165, 1.54) is 67.7 Å². The Balaban J connectivity index is 1.05. The van der Waals surface area contributed by atoms with Gasteiger partial charge in [0.15, 0.2) is 0 Å². The minimum absolute atomic E-state index is 0.0789. The second-order valence-corrected chi connectivity index (χ2v) is 14.7. The van der Waals surface area contributed by atoms with Crippen molar-refractivity contribution in [2.45, 2.75) is 56.3 Å². The molecular weight excluding hydrogens is 567 g/mol. The van der Waals surface area contributed by atoms with Gasteiger partial charge >= 0.3 is 0 Å². The van der Waals surface area contributed by atoms with Gasteiger partial charge in [0.1, 0.15) is 0 Å². The van der Waals surface area contributed by atoms with E-state index in [0.717, 1.165) is 24.2 Å². The molecule has 3 aromatic carbocycles. The van der Waals surface area contributed by atoms with Crippen LogP contribution in [0.3, 0.4) is 0 Å². The van der Waals surface area contributed by atoms with Gasteiger partial charge in [0.2, 0.25) is 0 Å². The first-order valence-corrected chi connectivity index (χ1v) is 17.3. The number of hydrogen-bond acceptors (Lipinski definition) is 1. The van der Waals surface area contributed by atoms with Crippen LogP contribution in [0.2, 0.25) is 0 Å². The average Bonchev–Trinajstić information content (AvgIpc) is 3.78. The maximum absolute atomic E-state index is 5.19. The van der Waals surface area contributed by atoms with Gasteiger partial charge in [-0.25, -0.2) is 0 Å². The Morgan fingerprint density at radius 2 is 1.62 bits per heavy atom. The highest BCUT2D eigenvalue weighted by Gasteiger charge is 2.53. The van der Waals surface area contributed by atoms with Crippen LogP contribution in [0.4, 0.5) is 0 Å². The molecule has 0 spiro atoms. The fourth-order valence-corrected chi connectivity index (χ4v) is 9.04. The van der Waals surface area contributed by atoms with E-state index in [4.69, 9.17) is 4.98 Å². The van der Waals surface area contributed by atoms with Gasteiger partial charge in [-0.2, -0.15) is 0 Å². The van der Waals surface area contributed by atoms with Crippen LogP contribution < -0.4 is 0 Å². The standard InChI is InChI=1S/C46H37N/c1-46(2)41-23-32(20-21-35(41)40-27-39-38-26-37(38)34-18-9-10-19-36(34)44(39)45(40)46)30-16-11-17-31(22-30)33-24-42(28-12-5-3-6-13-28)47-43(25-33)29-14-7-4-8-15-29/h3-14,16,18-25,29,31,37-38H,15,17,26H2,1-2H3. The average molecular weight is 604 g/mol. The van der Waals surface area contributed by atoms with Crippen molar-refractivity contribution in [1.82, 2.24) is 4.98 Å². The molecule has 0 bridgehead atoms. The Morgan fingerprint density at radius 1 is 0.766 bits per heavy atom. The third kappa shape index (κ3) is 4.13. The highest BCUT2D eigenvalue weighted by atomic mass is 14.7. The minimum Gasteiger partial charge on any atom is -0.252 e. The summed E-state index contributed by atoms with van der Waals surface area (Å²) in [5.74, 6) is 1.95. The Kier molecular flexibility index (Phi) is 5.79. The van der Waals surface area contributed by atoms with E-state index >= 15 is 0 Å². The van der Waals surface area contributed by atoms with Gasteiger partial charge in [-0.3, -0.25) is 4.98 Å². The number of rotatable bonds is 4. The van der Waals surface area contributed by atoms with Crippen molar-refractivity contribution < 1.29 is 0 Å². The van der Waals surface area contributed by atoms with Crippen LogP contribution >= 0.6 is 0 Å². The van der Waals surface area contributed by atoms with Gasteiger partial charge in [-0.05, 0) is 99.4 Å². The van der Waals surface area contributed by atoms with E-state index in [0.29, 0.717) is 23.7 Å². The Bertz CT molecular complexity index is 2240. The first-order valence-electron chi connectivity index (χ1n) is 17.3. The van der Waals surface area contributed by atoms with Crippen molar-refractivity contribution in [3.63, 3.8) is 0 Å². The van der Waals surface area contributed by atoms with Crippen LogP contribution in [0.1, 0.15) is 89.9 Å². The van der Waals surface area contributed by atoms with E-state index < -0.39 is 0 Å². The summed E-state index contributed by atoms with van der Waals surface area (Å²) in [5, 5.41) is 0. The number of benzene rings is 3. The van der Waals surface area contributed by atoms with Crippen LogP contribution in [0.25, 0.3) is 28.0 Å². The molecule has 0 amide bonds. The number of nitrogens with zero attached hydrogens (tertiary/aromatic N) is 1. The first-order chi connectivity index (χ1) is 23.0. The lowest BCUT2D eigenvalue weighted by atomic mass is 9.75. The third-order valence-electron chi connectivity index (χ3n) is 11.5. The third-order valence-corrected chi connectivity index (χ3v) is 11.5. The first kappa shape index (κ1) is 27.2. The van der Waals surface area contributed by atoms with E-state index in [1.54, 1.807) is 5.56 Å². The monoisotopic (exact) mass is 603 g/mol. The fourth-order valence-electron chi connectivity index (χ4n) is 9.04. The van der Waals surface area contributed by atoms with Crippen LogP contribution in [-0.2, 0) is 5.41 Å². The van der Waals surface area contributed by atoms with Crippen LogP contribution in [-0.4, -0.2) is 4.98 Å². The summed E-state index contributed by atoms with van der Waals surface area (Å²) < 4.78 is 0. The van der Waals surface area contributed by atoms with Crippen molar-refractivity contribution in [2.24, 2.45) is 5.92 Å². The lowest BCUT2D eigenvalue weighted by Crippen LogP contribution is -2.18. The second kappa shape index (κ2) is 10.0. The molecule has 0 N–H and O–H groups in total. The van der Waals surface area contributed by atoms with Gasteiger partial charge in [-0.1, -0.05) is 123 Å². The van der Waals surface area contributed by atoms with E-state index in [2.05, 4.69) is 147 Å². The molecule has 4 aromatic rings. The molecule has 1 heteroatoms. The zero-order valence-electron chi connectivity index (χ0n) is 27.0. The van der Waals surface area contributed by atoms with Crippen LogP contribution in [0, 0.1) is 5.92 Å². The molecule has 1 fully saturated rings. The quantitative estimate of drug-likeness (QED) is 0.212. The number of fused-ring (bicyclic) bond motifs is 9.